The molecule has 1 amide bonds. The normalized spacial score (nSPS) is 18.0. The molecule has 1 aliphatic heterocycles. The van der Waals surface area contributed by atoms with Crippen LogP contribution in [0.15, 0.2) is 55.0 Å². The van der Waals surface area contributed by atoms with E-state index in [4.69, 9.17) is 9.47 Å². The van der Waals surface area contributed by atoms with Gasteiger partial charge in [0.1, 0.15) is 18.1 Å². The molecule has 9 heteroatoms. The molecule has 0 spiro atoms. The van der Waals surface area contributed by atoms with E-state index in [1.807, 2.05) is 43.6 Å². The summed E-state index contributed by atoms with van der Waals surface area (Å²) in [6.45, 7) is 0.180. The van der Waals surface area contributed by atoms with Crippen molar-refractivity contribution in [3.8, 4) is 34.0 Å². The van der Waals surface area contributed by atoms with Gasteiger partial charge in [0.05, 0.1) is 31.4 Å². The fourth-order valence-electron chi connectivity index (χ4n) is 4.12. The molecule has 2 atom stereocenters. The summed E-state index contributed by atoms with van der Waals surface area (Å²) < 4.78 is 27.7. The van der Waals surface area contributed by atoms with Crippen molar-refractivity contribution in [2.24, 2.45) is 7.05 Å². The van der Waals surface area contributed by atoms with Crippen LogP contribution in [-0.4, -0.2) is 63.5 Å². The highest BCUT2D eigenvalue weighted by Gasteiger charge is 2.34. The summed E-state index contributed by atoms with van der Waals surface area (Å²) in [5, 5.41) is 5.36. The van der Waals surface area contributed by atoms with Crippen LogP contribution in [0.2, 0.25) is 0 Å². The Morgan fingerprint density at radius 2 is 1.91 bits per heavy atom. The monoisotopic (exact) mass is 447 g/mol. The predicted octanol–water partition coefficient (Wildman–Crippen LogP) is 3.26. The van der Waals surface area contributed by atoms with Gasteiger partial charge < -0.3 is 14.4 Å². The van der Waals surface area contributed by atoms with Crippen molar-refractivity contribution in [2.75, 3.05) is 20.2 Å². The van der Waals surface area contributed by atoms with Crippen LogP contribution in [0.4, 0.5) is 4.39 Å². The Hall–Kier alpha value is -4.01. The summed E-state index contributed by atoms with van der Waals surface area (Å²) in [5.74, 6) is 0.796. The van der Waals surface area contributed by atoms with E-state index in [9.17, 15) is 9.18 Å². The second-order valence-corrected chi connectivity index (χ2v) is 7.91. The van der Waals surface area contributed by atoms with Crippen molar-refractivity contribution in [1.29, 1.82) is 0 Å². The molecule has 1 aliphatic rings. The lowest BCUT2D eigenvalue weighted by Crippen LogP contribution is -2.27. The Morgan fingerprint density at radius 1 is 1.09 bits per heavy atom. The van der Waals surface area contributed by atoms with Gasteiger partial charge >= 0.3 is 0 Å². The summed E-state index contributed by atoms with van der Waals surface area (Å²) in [4.78, 5) is 21.4. The molecule has 8 nitrogen and oxygen atoms in total. The van der Waals surface area contributed by atoms with E-state index in [0.29, 0.717) is 29.1 Å². The average molecular weight is 447 g/mol. The van der Waals surface area contributed by atoms with Gasteiger partial charge in [-0.3, -0.25) is 9.48 Å². The van der Waals surface area contributed by atoms with Crippen LogP contribution in [0, 0.1) is 0 Å². The standard InChI is InChI=1S/C24H22FN5O3/c1-29-10-17(23(28-29)15-6-4-3-5-7-15)24-16-8-21(20(32-2)9-19(16)26-13-27-24)33-22-12-30(14-31)11-18(22)25/h3-10,13-14,18,22H,11-12H2,1-2H3/t18-,22-/m0/s1. The third kappa shape index (κ3) is 3.86. The fraction of sp³-hybridized carbons (Fsp3) is 0.250. The fourth-order valence-corrected chi connectivity index (χ4v) is 4.12. The van der Waals surface area contributed by atoms with Crippen molar-refractivity contribution in [3.05, 3.63) is 55.0 Å². The molecule has 168 valence electrons. The van der Waals surface area contributed by atoms with E-state index in [2.05, 4.69) is 15.1 Å². The number of benzene rings is 2. The smallest absolute Gasteiger partial charge is 0.209 e. The van der Waals surface area contributed by atoms with E-state index >= 15 is 0 Å². The molecule has 33 heavy (non-hydrogen) atoms. The van der Waals surface area contributed by atoms with Crippen molar-refractivity contribution >= 4 is 17.3 Å². The van der Waals surface area contributed by atoms with Crippen molar-refractivity contribution in [3.63, 3.8) is 0 Å². The quantitative estimate of drug-likeness (QED) is 0.422. The zero-order chi connectivity index (χ0) is 22.9. The number of methoxy groups -OCH3 is 1. The highest BCUT2D eigenvalue weighted by atomic mass is 19.1. The van der Waals surface area contributed by atoms with Crippen molar-refractivity contribution < 1.29 is 18.7 Å². The number of amides is 1. The molecule has 0 N–H and O–H groups in total. The largest absolute Gasteiger partial charge is 0.493 e. The van der Waals surface area contributed by atoms with Crippen LogP contribution >= 0.6 is 0 Å². The minimum absolute atomic E-state index is 0.00848. The number of aryl methyl sites for hydroxylation is 1. The van der Waals surface area contributed by atoms with Gasteiger partial charge in [0.2, 0.25) is 6.41 Å². The molecule has 4 aromatic rings. The first-order valence-electron chi connectivity index (χ1n) is 10.5. The van der Waals surface area contributed by atoms with Gasteiger partial charge in [0, 0.05) is 35.8 Å². The second kappa shape index (κ2) is 8.50. The Morgan fingerprint density at radius 3 is 2.64 bits per heavy atom. The number of carbonyl (C=O) groups is 1. The molecule has 3 heterocycles. The minimum atomic E-state index is -1.29. The van der Waals surface area contributed by atoms with Crippen LogP contribution in [-0.2, 0) is 11.8 Å². The zero-order valence-electron chi connectivity index (χ0n) is 18.2. The first-order valence-corrected chi connectivity index (χ1v) is 10.5. The van der Waals surface area contributed by atoms with Crippen molar-refractivity contribution in [1.82, 2.24) is 24.6 Å². The minimum Gasteiger partial charge on any atom is -0.493 e. The van der Waals surface area contributed by atoms with Crippen LogP contribution in [0.3, 0.4) is 0 Å². The predicted molar refractivity (Wildman–Crippen MR) is 121 cm³/mol. The van der Waals surface area contributed by atoms with E-state index in [1.165, 1.54) is 18.3 Å². The summed E-state index contributed by atoms with van der Waals surface area (Å²) in [6, 6.07) is 13.4. The number of hydrogen-bond acceptors (Lipinski definition) is 6. The number of aromatic nitrogens is 4. The molecule has 0 saturated carbocycles. The molecule has 2 aromatic heterocycles. The zero-order valence-corrected chi connectivity index (χ0v) is 18.2. The maximum atomic E-state index is 14.4. The molecular formula is C24H22FN5O3. The summed E-state index contributed by atoms with van der Waals surface area (Å²) in [6.07, 6.45) is 1.96. The molecule has 0 unspecified atom stereocenters. The average Bonchev–Trinajstić information content (AvgIpc) is 3.40. The van der Waals surface area contributed by atoms with Crippen LogP contribution in [0.25, 0.3) is 33.4 Å². The number of ether oxygens (including phenoxy) is 2. The molecule has 0 aliphatic carbocycles. The Bertz CT molecular complexity index is 1310. The first-order chi connectivity index (χ1) is 16.1. The molecule has 1 fully saturated rings. The van der Waals surface area contributed by atoms with Gasteiger partial charge in [-0.25, -0.2) is 14.4 Å². The highest BCUT2D eigenvalue weighted by Crippen LogP contribution is 2.39. The number of rotatable bonds is 6. The van der Waals surface area contributed by atoms with Crippen LogP contribution in [0.5, 0.6) is 11.5 Å². The maximum Gasteiger partial charge on any atom is 0.209 e. The lowest BCUT2D eigenvalue weighted by atomic mass is 10.0. The number of likely N-dealkylation sites (tertiary alicyclic amines) is 1. The highest BCUT2D eigenvalue weighted by molar-refractivity contribution is 5.97. The number of nitrogens with zero attached hydrogens (tertiary/aromatic N) is 5. The molecule has 0 bridgehead atoms. The lowest BCUT2D eigenvalue weighted by molar-refractivity contribution is -0.117. The van der Waals surface area contributed by atoms with E-state index in [1.54, 1.807) is 16.8 Å². The number of halogens is 1. The number of hydrogen-bond donors (Lipinski definition) is 0. The first kappa shape index (κ1) is 20.9. The summed E-state index contributed by atoms with van der Waals surface area (Å²) in [7, 11) is 3.38. The van der Waals surface area contributed by atoms with Gasteiger partial charge in [-0.1, -0.05) is 30.3 Å². The Kier molecular flexibility index (Phi) is 5.37. The molecular weight excluding hydrogens is 425 g/mol. The Balaban J connectivity index is 1.62. The van der Waals surface area contributed by atoms with Crippen molar-refractivity contribution in [2.45, 2.75) is 12.3 Å². The number of alkyl halides is 1. The third-order valence-corrected chi connectivity index (χ3v) is 5.71. The van der Waals surface area contributed by atoms with E-state index in [-0.39, 0.29) is 13.1 Å². The summed E-state index contributed by atoms with van der Waals surface area (Å²) >= 11 is 0. The molecule has 2 aromatic carbocycles. The Labute approximate surface area is 189 Å². The third-order valence-electron chi connectivity index (χ3n) is 5.71. The van der Waals surface area contributed by atoms with Crippen LogP contribution < -0.4 is 9.47 Å². The maximum absolute atomic E-state index is 14.4. The van der Waals surface area contributed by atoms with Gasteiger partial charge in [0.15, 0.2) is 17.7 Å². The number of fused-ring (bicyclic) bond motifs is 1. The SMILES string of the molecule is COc1cc2ncnc(-c3cn(C)nc3-c3ccccc3)c2cc1O[C@H]1CN(C=O)C[C@@H]1F. The van der Waals surface area contributed by atoms with Gasteiger partial charge in [-0.15, -0.1) is 0 Å². The summed E-state index contributed by atoms with van der Waals surface area (Å²) in [5.41, 5.74) is 3.92. The van der Waals surface area contributed by atoms with Crippen LogP contribution in [0.1, 0.15) is 0 Å². The van der Waals surface area contributed by atoms with Gasteiger partial charge in [-0.05, 0) is 6.07 Å². The number of carbonyl (C=O) groups excluding carboxylic acids is 1. The molecule has 0 radical (unpaired) electrons. The van der Waals surface area contributed by atoms with E-state index < -0.39 is 12.3 Å². The molecule has 5 rings (SSSR count). The topological polar surface area (TPSA) is 82.4 Å². The van der Waals surface area contributed by atoms with E-state index in [0.717, 1.165) is 22.2 Å². The second-order valence-electron chi connectivity index (χ2n) is 7.91. The lowest BCUT2D eigenvalue weighted by Gasteiger charge is -2.18. The van der Waals surface area contributed by atoms with Gasteiger partial charge in [-0.2, -0.15) is 5.10 Å². The van der Waals surface area contributed by atoms with Gasteiger partial charge in [0.25, 0.3) is 0 Å². The molecule has 1 saturated heterocycles.